The summed E-state index contributed by atoms with van der Waals surface area (Å²) in [6.45, 7) is 11.8. The highest BCUT2D eigenvalue weighted by Crippen LogP contribution is 2.38. The first kappa shape index (κ1) is 25.5. The predicted molar refractivity (Wildman–Crippen MR) is 108 cm³/mol. The zero-order valence-electron chi connectivity index (χ0n) is 18.1. The molecule has 0 saturated heterocycles. The minimum atomic E-state index is -4.92. The molecule has 0 atom stereocenters. The summed E-state index contributed by atoms with van der Waals surface area (Å²) in [5.74, 6) is -1.91. The van der Waals surface area contributed by atoms with Crippen LogP contribution in [0.1, 0.15) is 47.5 Å². The number of halogens is 3. The standard InChI is InChI=1S/C21H30F3N3O3/c1-7-14-12-20(5,6)19(30)27(10-9-25-17(28)8-2)16(14)11-15(21(22,23)24)18(29)26-13(3)4/h7,11,13H,1,8-10,12H2,2-6H3,(H,25,28)(H,26,29)/b15-11-. The van der Waals surface area contributed by atoms with Crippen molar-refractivity contribution in [3.05, 3.63) is 35.6 Å². The molecule has 3 amide bonds. The van der Waals surface area contributed by atoms with Gasteiger partial charge in [0.15, 0.2) is 0 Å². The lowest BCUT2D eigenvalue weighted by Crippen LogP contribution is -2.47. The highest BCUT2D eigenvalue weighted by Gasteiger charge is 2.43. The van der Waals surface area contributed by atoms with Crippen molar-refractivity contribution in [2.45, 2.75) is 59.7 Å². The molecule has 30 heavy (non-hydrogen) atoms. The van der Waals surface area contributed by atoms with Crippen molar-refractivity contribution in [1.82, 2.24) is 15.5 Å². The van der Waals surface area contributed by atoms with Gasteiger partial charge in [-0.05, 0) is 31.9 Å². The van der Waals surface area contributed by atoms with E-state index in [-0.39, 0.29) is 37.5 Å². The Morgan fingerprint density at radius 1 is 1.30 bits per heavy atom. The lowest BCUT2D eigenvalue weighted by Gasteiger charge is -2.39. The number of allylic oxidation sites excluding steroid dienone is 3. The molecular formula is C21H30F3N3O3. The van der Waals surface area contributed by atoms with E-state index in [1.165, 1.54) is 11.0 Å². The number of hydrogen-bond donors (Lipinski definition) is 2. The van der Waals surface area contributed by atoms with E-state index >= 15 is 0 Å². The van der Waals surface area contributed by atoms with E-state index in [1.54, 1.807) is 34.6 Å². The molecule has 0 spiro atoms. The van der Waals surface area contributed by atoms with Gasteiger partial charge in [0.2, 0.25) is 11.8 Å². The van der Waals surface area contributed by atoms with Crippen LogP contribution in [0.3, 0.4) is 0 Å². The van der Waals surface area contributed by atoms with E-state index in [0.29, 0.717) is 11.6 Å². The first-order valence-corrected chi connectivity index (χ1v) is 9.78. The van der Waals surface area contributed by atoms with Crippen molar-refractivity contribution >= 4 is 17.7 Å². The van der Waals surface area contributed by atoms with Crippen molar-refractivity contribution in [3.8, 4) is 0 Å². The smallest absolute Gasteiger partial charge is 0.354 e. The van der Waals surface area contributed by atoms with E-state index in [4.69, 9.17) is 0 Å². The number of carbonyl (C=O) groups excluding carboxylic acids is 3. The SMILES string of the molecule is C=CC1=C(/C=C(/C(=O)NC(C)C)C(F)(F)F)N(CCNC(=O)CC)C(=O)C(C)(C)C1. The van der Waals surface area contributed by atoms with Crippen molar-refractivity contribution in [2.75, 3.05) is 13.1 Å². The van der Waals surface area contributed by atoms with Gasteiger partial charge in [-0.3, -0.25) is 14.4 Å². The molecule has 0 aromatic heterocycles. The van der Waals surface area contributed by atoms with Gasteiger partial charge in [0.05, 0.1) is 0 Å². The summed E-state index contributed by atoms with van der Waals surface area (Å²) in [5.41, 5.74) is -1.89. The number of amides is 3. The largest absolute Gasteiger partial charge is 0.421 e. The molecule has 1 aliphatic heterocycles. The molecule has 9 heteroatoms. The summed E-state index contributed by atoms with van der Waals surface area (Å²) in [7, 11) is 0. The summed E-state index contributed by atoms with van der Waals surface area (Å²) in [5, 5.41) is 4.85. The molecule has 1 heterocycles. The third kappa shape index (κ3) is 6.47. The number of hydrogen-bond acceptors (Lipinski definition) is 3. The first-order chi connectivity index (χ1) is 13.7. The molecule has 6 nitrogen and oxygen atoms in total. The molecule has 0 radical (unpaired) electrons. The number of alkyl halides is 3. The maximum atomic E-state index is 13.6. The van der Waals surface area contributed by atoms with Crippen molar-refractivity contribution in [3.63, 3.8) is 0 Å². The Labute approximate surface area is 175 Å². The quantitative estimate of drug-likeness (QED) is 0.582. The third-order valence-electron chi connectivity index (χ3n) is 4.55. The van der Waals surface area contributed by atoms with Crippen LogP contribution in [0.4, 0.5) is 13.2 Å². The van der Waals surface area contributed by atoms with Gasteiger partial charge in [-0.15, -0.1) is 0 Å². The third-order valence-corrected chi connectivity index (χ3v) is 4.55. The van der Waals surface area contributed by atoms with Gasteiger partial charge >= 0.3 is 6.18 Å². The summed E-state index contributed by atoms with van der Waals surface area (Å²) < 4.78 is 40.9. The molecule has 1 aliphatic rings. The fraction of sp³-hybridized carbons (Fsp3) is 0.571. The lowest BCUT2D eigenvalue weighted by atomic mass is 9.79. The maximum Gasteiger partial charge on any atom is 0.421 e. The molecule has 2 N–H and O–H groups in total. The molecule has 0 saturated carbocycles. The van der Waals surface area contributed by atoms with E-state index in [9.17, 15) is 27.6 Å². The molecule has 0 fully saturated rings. The Hall–Kier alpha value is -2.58. The highest BCUT2D eigenvalue weighted by atomic mass is 19.4. The zero-order chi connectivity index (χ0) is 23.3. The normalized spacial score (nSPS) is 17.3. The van der Waals surface area contributed by atoms with Gasteiger partial charge in [-0.25, -0.2) is 0 Å². The molecule has 0 aromatic carbocycles. The minimum absolute atomic E-state index is 0.0336. The van der Waals surface area contributed by atoms with Crippen LogP contribution in [0.5, 0.6) is 0 Å². The van der Waals surface area contributed by atoms with Gasteiger partial charge in [-0.1, -0.05) is 33.4 Å². The molecule has 0 bridgehead atoms. The Morgan fingerprint density at radius 2 is 1.90 bits per heavy atom. The maximum absolute atomic E-state index is 13.6. The fourth-order valence-electron chi connectivity index (χ4n) is 3.04. The van der Waals surface area contributed by atoms with Gasteiger partial charge in [-0.2, -0.15) is 13.2 Å². The van der Waals surface area contributed by atoms with E-state index in [1.807, 2.05) is 0 Å². The average molecular weight is 429 g/mol. The van der Waals surface area contributed by atoms with Crippen molar-refractivity contribution < 1.29 is 27.6 Å². The Bertz CT molecular complexity index is 765. The molecule has 0 aliphatic carbocycles. The zero-order valence-corrected chi connectivity index (χ0v) is 18.1. The fourth-order valence-corrected chi connectivity index (χ4v) is 3.04. The second-order valence-electron chi connectivity index (χ2n) is 8.02. The Morgan fingerprint density at radius 3 is 2.37 bits per heavy atom. The minimum Gasteiger partial charge on any atom is -0.354 e. The lowest BCUT2D eigenvalue weighted by molar-refractivity contribution is -0.140. The van der Waals surface area contributed by atoms with E-state index < -0.39 is 35.0 Å². The van der Waals surface area contributed by atoms with Gasteiger partial charge < -0.3 is 15.5 Å². The van der Waals surface area contributed by atoms with Crippen LogP contribution >= 0.6 is 0 Å². The number of nitrogens with one attached hydrogen (secondary N) is 2. The van der Waals surface area contributed by atoms with E-state index in [2.05, 4.69) is 17.2 Å². The van der Waals surface area contributed by atoms with Gasteiger partial charge in [0.1, 0.15) is 5.57 Å². The summed E-state index contributed by atoms with van der Waals surface area (Å²) >= 11 is 0. The first-order valence-electron chi connectivity index (χ1n) is 9.78. The van der Waals surface area contributed by atoms with Crippen molar-refractivity contribution in [1.29, 1.82) is 0 Å². The Balaban J connectivity index is 3.49. The monoisotopic (exact) mass is 429 g/mol. The highest BCUT2D eigenvalue weighted by molar-refractivity contribution is 5.96. The topological polar surface area (TPSA) is 78.5 Å². The van der Waals surface area contributed by atoms with Crippen LogP contribution < -0.4 is 10.6 Å². The van der Waals surface area contributed by atoms with Crippen LogP contribution in [0.25, 0.3) is 0 Å². The number of nitrogens with zero attached hydrogens (tertiary/aromatic N) is 1. The number of rotatable bonds is 8. The summed E-state index contributed by atoms with van der Waals surface area (Å²) in [6.07, 6.45) is -2.41. The number of carbonyl (C=O) groups is 3. The van der Waals surface area contributed by atoms with Crippen molar-refractivity contribution in [2.24, 2.45) is 5.41 Å². The van der Waals surface area contributed by atoms with Gasteiger partial charge in [0, 0.05) is 36.7 Å². The molecular weight excluding hydrogens is 399 g/mol. The van der Waals surface area contributed by atoms with Crippen LogP contribution in [-0.2, 0) is 14.4 Å². The van der Waals surface area contributed by atoms with Crippen LogP contribution in [0.2, 0.25) is 0 Å². The summed E-state index contributed by atoms with van der Waals surface area (Å²) in [6, 6.07) is -0.497. The molecule has 1 rings (SSSR count). The molecule has 0 unspecified atom stereocenters. The van der Waals surface area contributed by atoms with Crippen LogP contribution in [0, 0.1) is 5.41 Å². The van der Waals surface area contributed by atoms with E-state index in [0.717, 1.165) is 0 Å². The summed E-state index contributed by atoms with van der Waals surface area (Å²) in [4.78, 5) is 37.9. The second kappa shape index (κ2) is 9.95. The molecule has 0 aromatic rings. The average Bonchev–Trinajstić information content (AvgIpc) is 2.61. The molecule has 168 valence electrons. The van der Waals surface area contributed by atoms with Gasteiger partial charge in [0.25, 0.3) is 5.91 Å². The predicted octanol–water partition coefficient (Wildman–Crippen LogP) is 3.22. The second-order valence-corrected chi connectivity index (χ2v) is 8.02. The van der Waals surface area contributed by atoms with Crippen LogP contribution in [-0.4, -0.2) is 47.9 Å². The van der Waals surface area contributed by atoms with Crippen LogP contribution in [0.15, 0.2) is 35.6 Å². The Kier molecular flexibility index (Phi) is 8.44.